The highest BCUT2D eigenvalue weighted by atomic mass is 16.5. The molecule has 0 aliphatic heterocycles. The van der Waals surface area contributed by atoms with Crippen molar-refractivity contribution in [2.45, 2.75) is 37.8 Å². The monoisotopic (exact) mass is 335 g/mol. The third-order valence-electron chi connectivity index (χ3n) is 4.80. The van der Waals surface area contributed by atoms with E-state index in [1.165, 1.54) is 5.56 Å². The summed E-state index contributed by atoms with van der Waals surface area (Å²) in [5, 5.41) is 3.56. The smallest absolute Gasteiger partial charge is 0.320 e. The van der Waals surface area contributed by atoms with Gasteiger partial charge in [0.15, 0.2) is 0 Å². The molecule has 2 atom stereocenters. The van der Waals surface area contributed by atoms with E-state index in [0.717, 1.165) is 24.9 Å². The van der Waals surface area contributed by atoms with Crippen molar-refractivity contribution < 1.29 is 9.53 Å². The Balaban J connectivity index is 1.75. The summed E-state index contributed by atoms with van der Waals surface area (Å²) < 4.78 is 5.39. The predicted octanol–water partition coefficient (Wildman–Crippen LogP) is 4.00. The van der Waals surface area contributed by atoms with Crippen molar-refractivity contribution >= 4 is 5.97 Å². The van der Waals surface area contributed by atoms with Crippen LogP contribution in [-0.4, -0.2) is 18.6 Å². The number of hydrogen-bond donors (Lipinski definition) is 1. The molecule has 0 fully saturated rings. The van der Waals surface area contributed by atoms with Gasteiger partial charge in [-0.1, -0.05) is 72.8 Å². The fraction of sp³-hybridized carbons (Fsp3) is 0.318. The van der Waals surface area contributed by atoms with Gasteiger partial charge in [0.1, 0.15) is 5.41 Å². The molecule has 2 unspecified atom stereocenters. The van der Waals surface area contributed by atoms with E-state index in [4.69, 9.17) is 4.74 Å². The van der Waals surface area contributed by atoms with Crippen LogP contribution in [0.2, 0.25) is 0 Å². The summed E-state index contributed by atoms with van der Waals surface area (Å²) in [5.74, 6) is -0.154. The van der Waals surface area contributed by atoms with Gasteiger partial charge in [-0.2, -0.15) is 0 Å². The molecule has 0 amide bonds. The molecule has 0 saturated heterocycles. The van der Waals surface area contributed by atoms with Crippen molar-refractivity contribution in [3.63, 3.8) is 0 Å². The van der Waals surface area contributed by atoms with Crippen molar-refractivity contribution in [2.75, 3.05) is 6.61 Å². The molecule has 0 aromatic heterocycles. The fourth-order valence-electron chi connectivity index (χ4n) is 3.38. The largest absolute Gasteiger partial charge is 0.465 e. The molecule has 2 aromatic carbocycles. The van der Waals surface area contributed by atoms with Gasteiger partial charge in [0, 0.05) is 12.6 Å². The van der Waals surface area contributed by atoms with Gasteiger partial charge in [0.25, 0.3) is 0 Å². The van der Waals surface area contributed by atoms with E-state index in [1.807, 2.05) is 49.4 Å². The van der Waals surface area contributed by atoms with E-state index < -0.39 is 5.41 Å². The zero-order chi connectivity index (χ0) is 17.5. The van der Waals surface area contributed by atoms with Gasteiger partial charge in [-0.15, -0.1) is 0 Å². The minimum Gasteiger partial charge on any atom is -0.465 e. The van der Waals surface area contributed by atoms with Gasteiger partial charge < -0.3 is 10.1 Å². The van der Waals surface area contributed by atoms with E-state index in [9.17, 15) is 4.79 Å². The highest BCUT2D eigenvalue weighted by molar-refractivity contribution is 5.86. The molecule has 25 heavy (non-hydrogen) atoms. The second-order valence-electron chi connectivity index (χ2n) is 6.43. The standard InChI is InChI=1S/C22H25NO2/c1-2-25-21(24)22(19-11-7-4-8-12-19)15-13-20(14-16-22)23-17-18-9-5-3-6-10-18/h3-13,15,20,23H,2,14,16-17H2,1H3. The first-order valence-corrected chi connectivity index (χ1v) is 8.94. The van der Waals surface area contributed by atoms with Crippen molar-refractivity contribution in [2.24, 2.45) is 0 Å². The number of rotatable bonds is 6. The number of nitrogens with one attached hydrogen (secondary N) is 1. The summed E-state index contributed by atoms with van der Waals surface area (Å²) in [4.78, 5) is 12.7. The highest BCUT2D eigenvalue weighted by Gasteiger charge is 2.41. The lowest BCUT2D eigenvalue weighted by Gasteiger charge is -2.34. The Morgan fingerprint density at radius 2 is 1.80 bits per heavy atom. The average Bonchev–Trinajstić information content (AvgIpc) is 2.68. The normalized spacial score (nSPS) is 22.5. The minimum absolute atomic E-state index is 0.154. The molecule has 3 rings (SSSR count). The number of carbonyl (C=O) groups excluding carboxylic acids is 1. The van der Waals surface area contributed by atoms with Crippen LogP contribution in [0.4, 0.5) is 0 Å². The van der Waals surface area contributed by atoms with Gasteiger partial charge >= 0.3 is 5.97 Å². The van der Waals surface area contributed by atoms with E-state index in [0.29, 0.717) is 6.61 Å². The molecule has 1 N–H and O–H groups in total. The predicted molar refractivity (Wildman–Crippen MR) is 100 cm³/mol. The Labute approximate surface area is 149 Å². The topological polar surface area (TPSA) is 38.3 Å². The third-order valence-corrected chi connectivity index (χ3v) is 4.80. The van der Waals surface area contributed by atoms with Crippen molar-refractivity contribution in [1.82, 2.24) is 5.32 Å². The molecule has 3 nitrogen and oxygen atoms in total. The quantitative estimate of drug-likeness (QED) is 0.641. The summed E-state index contributed by atoms with van der Waals surface area (Å²) in [5.41, 5.74) is 1.61. The molecule has 3 heteroatoms. The van der Waals surface area contributed by atoms with Gasteiger partial charge in [-0.05, 0) is 30.9 Å². The molecular formula is C22H25NO2. The van der Waals surface area contributed by atoms with Gasteiger partial charge in [0.05, 0.1) is 6.61 Å². The summed E-state index contributed by atoms with van der Waals surface area (Å²) in [6.07, 6.45) is 5.80. The molecule has 2 aromatic rings. The third kappa shape index (κ3) is 3.99. The molecular weight excluding hydrogens is 310 g/mol. The summed E-state index contributed by atoms with van der Waals surface area (Å²) in [6, 6.07) is 20.6. The molecule has 0 radical (unpaired) electrons. The average molecular weight is 335 g/mol. The van der Waals surface area contributed by atoms with Gasteiger partial charge in [0.2, 0.25) is 0 Å². The van der Waals surface area contributed by atoms with Crippen LogP contribution in [0.5, 0.6) is 0 Å². The maximum atomic E-state index is 12.7. The van der Waals surface area contributed by atoms with Crippen LogP contribution in [0, 0.1) is 0 Å². The Morgan fingerprint density at radius 1 is 1.12 bits per heavy atom. The van der Waals surface area contributed by atoms with Crippen molar-refractivity contribution in [3.05, 3.63) is 83.9 Å². The zero-order valence-electron chi connectivity index (χ0n) is 14.7. The van der Waals surface area contributed by atoms with E-state index in [2.05, 4.69) is 35.7 Å². The lowest BCUT2D eigenvalue weighted by atomic mass is 9.72. The van der Waals surface area contributed by atoms with Crippen LogP contribution in [0.1, 0.15) is 30.9 Å². The molecule has 0 saturated carbocycles. The molecule has 0 bridgehead atoms. The van der Waals surface area contributed by atoms with Crippen LogP contribution < -0.4 is 5.32 Å². The van der Waals surface area contributed by atoms with E-state index in [1.54, 1.807) is 0 Å². The molecule has 1 aliphatic carbocycles. The maximum absolute atomic E-state index is 12.7. The van der Waals surface area contributed by atoms with Crippen LogP contribution in [0.3, 0.4) is 0 Å². The molecule has 0 spiro atoms. The Morgan fingerprint density at radius 3 is 2.40 bits per heavy atom. The number of benzene rings is 2. The second kappa shape index (κ2) is 8.13. The molecule has 1 aliphatic rings. The lowest BCUT2D eigenvalue weighted by molar-refractivity contribution is -0.148. The van der Waals surface area contributed by atoms with Crippen molar-refractivity contribution in [1.29, 1.82) is 0 Å². The highest BCUT2D eigenvalue weighted by Crippen LogP contribution is 2.36. The zero-order valence-corrected chi connectivity index (χ0v) is 14.7. The maximum Gasteiger partial charge on any atom is 0.320 e. The molecule has 130 valence electrons. The summed E-state index contributed by atoms with van der Waals surface area (Å²) in [6.45, 7) is 3.08. The number of esters is 1. The summed E-state index contributed by atoms with van der Waals surface area (Å²) >= 11 is 0. The van der Waals surface area contributed by atoms with E-state index in [-0.39, 0.29) is 12.0 Å². The lowest BCUT2D eigenvalue weighted by Crippen LogP contribution is -2.41. The fourth-order valence-corrected chi connectivity index (χ4v) is 3.38. The minimum atomic E-state index is -0.664. The second-order valence-corrected chi connectivity index (χ2v) is 6.43. The Bertz CT molecular complexity index is 711. The van der Waals surface area contributed by atoms with Crippen LogP contribution in [-0.2, 0) is 21.5 Å². The molecule has 0 heterocycles. The Kier molecular flexibility index (Phi) is 5.67. The number of ether oxygens (including phenoxy) is 1. The van der Waals surface area contributed by atoms with Gasteiger partial charge in [-0.3, -0.25) is 4.79 Å². The van der Waals surface area contributed by atoms with Crippen LogP contribution >= 0.6 is 0 Å². The van der Waals surface area contributed by atoms with Crippen LogP contribution in [0.25, 0.3) is 0 Å². The summed E-state index contributed by atoms with van der Waals surface area (Å²) in [7, 11) is 0. The SMILES string of the molecule is CCOC(=O)C1(c2ccccc2)C=CC(NCc2ccccc2)CC1. The van der Waals surface area contributed by atoms with E-state index >= 15 is 0 Å². The first-order valence-electron chi connectivity index (χ1n) is 8.94. The Hall–Kier alpha value is -2.39. The first-order chi connectivity index (χ1) is 12.2. The van der Waals surface area contributed by atoms with Crippen LogP contribution in [0.15, 0.2) is 72.8 Å². The number of carbonyl (C=O) groups is 1. The van der Waals surface area contributed by atoms with Gasteiger partial charge in [-0.25, -0.2) is 0 Å². The van der Waals surface area contributed by atoms with Crippen molar-refractivity contribution in [3.8, 4) is 0 Å². The number of hydrogen-bond acceptors (Lipinski definition) is 3. The first kappa shape index (κ1) is 17.4.